The van der Waals surface area contributed by atoms with Crippen LogP contribution in [0.3, 0.4) is 0 Å². The number of carboxylic acid groups (broad SMARTS) is 1. The van der Waals surface area contributed by atoms with Gasteiger partial charge in [0.1, 0.15) is 11.1 Å². The molecule has 170 valence electrons. The highest BCUT2D eigenvalue weighted by Gasteiger charge is 2.41. The molecular weight excluding hydrogens is 522 g/mol. The van der Waals surface area contributed by atoms with Gasteiger partial charge in [-0.15, -0.1) is 0 Å². The summed E-state index contributed by atoms with van der Waals surface area (Å²) < 4.78 is 31.1. The Morgan fingerprint density at radius 2 is 1.88 bits per heavy atom. The third kappa shape index (κ3) is 5.55. The number of aliphatic carboxylic acids is 1. The minimum absolute atomic E-state index is 0.0671. The van der Waals surface area contributed by atoms with E-state index in [2.05, 4.69) is 27.0 Å². The number of thioether (sulfide) groups is 1. The van der Waals surface area contributed by atoms with Gasteiger partial charge in [0, 0.05) is 23.6 Å². The van der Waals surface area contributed by atoms with Crippen LogP contribution in [0.2, 0.25) is 0 Å². The number of carboxylic acids is 1. The summed E-state index contributed by atoms with van der Waals surface area (Å²) in [7, 11) is 0. The van der Waals surface area contributed by atoms with Crippen molar-refractivity contribution in [2.75, 3.05) is 6.54 Å². The number of hydrogen-bond donors (Lipinski definition) is 2. The van der Waals surface area contributed by atoms with Gasteiger partial charge < -0.3 is 10.4 Å². The number of ketones is 1. The zero-order valence-corrected chi connectivity index (χ0v) is 19.1. The maximum atomic E-state index is 14.7. The minimum atomic E-state index is -3.89. The lowest BCUT2D eigenvalue weighted by molar-refractivity contribution is -0.138. The first kappa shape index (κ1) is 24.3. The highest BCUT2D eigenvalue weighted by Crippen LogP contribution is 2.40. The molecular formula is C21H15BrF2N4O4S. The second kappa shape index (κ2) is 10.1. The van der Waals surface area contributed by atoms with Crippen molar-refractivity contribution in [1.29, 1.82) is 5.26 Å². The van der Waals surface area contributed by atoms with Crippen LogP contribution in [-0.4, -0.2) is 44.1 Å². The lowest BCUT2D eigenvalue weighted by Gasteiger charge is -2.17. The van der Waals surface area contributed by atoms with Gasteiger partial charge in [0.2, 0.25) is 11.7 Å². The molecule has 0 atom stereocenters. The van der Waals surface area contributed by atoms with Gasteiger partial charge in [-0.05, 0) is 39.8 Å². The van der Waals surface area contributed by atoms with E-state index in [0.29, 0.717) is 26.6 Å². The van der Waals surface area contributed by atoms with Crippen molar-refractivity contribution >= 4 is 56.1 Å². The molecule has 0 saturated heterocycles. The fraction of sp³-hybridized carbons (Fsp3) is 0.190. The number of nitriles is 1. The maximum Gasteiger partial charge on any atom is 0.358 e. The number of carbonyl (C=O) groups is 3. The van der Waals surface area contributed by atoms with Crippen LogP contribution in [0.15, 0.2) is 52.4 Å². The maximum absolute atomic E-state index is 14.7. The van der Waals surface area contributed by atoms with Crippen LogP contribution < -0.4 is 5.32 Å². The molecule has 2 N–H and O–H groups in total. The predicted molar refractivity (Wildman–Crippen MR) is 119 cm³/mol. The van der Waals surface area contributed by atoms with Gasteiger partial charge in [0.25, 0.3) is 0 Å². The normalized spacial score (nSPS) is 11.2. The van der Waals surface area contributed by atoms with E-state index in [1.807, 2.05) is 5.32 Å². The molecule has 0 radical (unpaired) electrons. The summed E-state index contributed by atoms with van der Waals surface area (Å²) >= 11 is 3.22. The summed E-state index contributed by atoms with van der Waals surface area (Å²) in [6.07, 6.45) is -0.0248. The van der Waals surface area contributed by atoms with E-state index in [9.17, 15) is 28.4 Å². The highest BCUT2D eigenvalue weighted by molar-refractivity contribution is 9.10. The van der Waals surface area contributed by atoms with E-state index in [0.717, 1.165) is 0 Å². The molecule has 2 aromatic carbocycles. The lowest BCUT2D eigenvalue weighted by Crippen LogP contribution is -2.31. The predicted octanol–water partition coefficient (Wildman–Crippen LogP) is 3.89. The molecule has 0 aliphatic rings. The van der Waals surface area contributed by atoms with Crippen LogP contribution in [0.1, 0.15) is 18.4 Å². The Hall–Kier alpha value is -3.30. The number of rotatable bonds is 9. The van der Waals surface area contributed by atoms with Crippen LogP contribution >= 0.6 is 27.7 Å². The Morgan fingerprint density at radius 3 is 2.55 bits per heavy atom. The summed E-state index contributed by atoms with van der Waals surface area (Å²) in [4.78, 5) is 38.1. The molecule has 33 heavy (non-hydrogen) atoms. The number of carbonyl (C=O) groups excluding carboxylic acids is 2. The van der Waals surface area contributed by atoms with Crippen molar-refractivity contribution in [1.82, 2.24) is 14.9 Å². The first-order valence-electron chi connectivity index (χ1n) is 9.38. The van der Waals surface area contributed by atoms with Crippen LogP contribution in [0.4, 0.5) is 8.78 Å². The molecule has 3 aromatic rings. The van der Waals surface area contributed by atoms with Crippen LogP contribution in [0.25, 0.3) is 16.5 Å². The highest BCUT2D eigenvalue weighted by atomic mass is 79.9. The number of benzene rings is 2. The average molecular weight is 537 g/mol. The number of halogens is 3. The number of imidazole rings is 1. The Morgan fingerprint density at radius 1 is 1.18 bits per heavy atom. The van der Waals surface area contributed by atoms with Crippen molar-refractivity contribution in [3.63, 3.8) is 0 Å². The van der Waals surface area contributed by atoms with Crippen molar-refractivity contribution in [3.05, 3.63) is 52.8 Å². The molecule has 8 nitrogen and oxygen atoms in total. The molecule has 1 amide bonds. The number of fused-ring (bicyclic) bond motifs is 1. The molecule has 0 saturated carbocycles. The van der Waals surface area contributed by atoms with E-state index in [1.54, 1.807) is 36.4 Å². The van der Waals surface area contributed by atoms with Gasteiger partial charge in [0.05, 0.1) is 23.5 Å². The summed E-state index contributed by atoms with van der Waals surface area (Å²) in [6.45, 7) is -0.665. The summed E-state index contributed by atoms with van der Waals surface area (Å²) in [6, 6.07) is 12.2. The van der Waals surface area contributed by atoms with Crippen LogP contribution in [0.5, 0.6) is 0 Å². The Labute approximate surface area is 198 Å². The number of nitrogens with zero attached hydrogens (tertiary/aromatic N) is 3. The van der Waals surface area contributed by atoms with Crippen LogP contribution in [-0.2, 0) is 14.4 Å². The summed E-state index contributed by atoms with van der Waals surface area (Å²) in [5.74, 6) is -3.60. The fourth-order valence-corrected chi connectivity index (χ4v) is 4.41. The number of aromatic nitrogens is 2. The number of alkyl halides is 2. The van der Waals surface area contributed by atoms with Gasteiger partial charge in [-0.2, -0.15) is 14.0 Å². The molecule has 0 fully saturated rings. The Bertz CT molecular complexity index is 1290. The summed E-state index contributed by atoms with van der Waals surface area (Å²) in [5.41, 5.74) is 0.897. The first-order chi connectivity index (χ1) is 15.6. The van der Waals surface area contributed by atoms with Crippen molar-refractivity contribution in [2.45, 2.75) is 23.3 Å². The summed E-state index contributed by atoms with van der Waals surface area (Å²) in [5, 5.41) is 17.1. The van der Waals surface area contributed by atoms with Gasteiger partial charge in [-0.1, -0.05) is 24.3 Å². The largest absolute Gasteiger partial charge is 0.480 e. The fourth-order valence-electron chi connectivity index (χ4n) is 2.99. The molecule has 1 aromatic heterocycles. The number of hydrogen-bond acceptors (Lipinski definition) is 6. The van der Waals surface area contributed by atoms with Crippen molar-refractivity contribution in [3.8, 4) is 11.8 Å². The van der Waals surface area contributed by atoms with Crippen molar-refractivity contribution in [2.24, 2.45) is 0 Å². The third-order valence-electron chi connectivity index (χ3n) is 4.51. The molecule has 12 heteroatoms. The van der Waals surface area contributed by atoms with Gasteiger partial charge >= 0.3 is 11.2 Å². The van der Waals surface area contributed by atoms with E-state index in [1.165, 1.54) is 10.8 Å². The molecule has 0 aliphatic heterocycles. The standard InChI is InChI=1S/C21H15BrF2N4O4S/c22-17-10-27-20(33-21(23,24)16(29)7-8-18(30)26-11-19(31)32)28(17)15-6-5-12(9-25)13-3-1-2-4-14(13)15/h1-6,10H,7-8,11H2,(H,26,30)(H,31,32). The van der Waals surface area contributed by atoms with E-state index < -0.39 is 42.3 Å². The molecule has 0 aliphatic carbocycles. The lowest BCUT2D eigenvalue weighted by atomic mass is 10.0. The monoisotopic (exact) mass is 536 g/mol. The third-order valence-corrected chi connectivity index (χ3v) is 6.02. The van der Waals surface area contributed by atoms with Gasteiger partial charge in [-0.25, -0.2) is 4.98 Å². The zero-order chi connectivity index (χ0) is 24.2. The number of amides is 1. The Balaban J connectivity index is 1.85. The molecule has 1 heterocycles. The second-order valence-corrected chi connectivity index (χ2v) is 8.60. The van der Waals surface area contributed by atoms with Gasteiger partial charge in [0.15, 0.2) is 5.16 Å². The SMILES string of the molecule is N#Cc1ccc(-n2c(Br)cnc2SC(F)(F)C(=O)CCC(=O)NCC(=O)O)c2ccccc12. The quantitative estimate of drug-likeness (QED) is 0.397. The first-order valence-corrected chi connectivity index (χ1v) is 11.0. The zero-order valence-electron chi connectivity index (χ0n) is 16.7. The molecule has 3 rings (SSSR count). The second-order valence-electron chi connectivity index (χ2n) is 6.70. The molecule has 0 unspecified atom stereocenters. The van der Waals surface area contributed by atoms with E-state index in [4.69, 9.17) is 5.11 Å². The number of nitrogens with one attached hydrogen (secondary N) is 1. The topological polar surface area (TPSA) is 125 Å². The van der Waals surface area contributed by atoms with E-state index >= 15 is 0 Å². The van der Waals surface area contributed by atoms with Gasteiger partial charge in [-0.3, -0.25) is 19.0 Å². The van der Waals surface area contributed by atoms with Crippen LogP contribution in [0, 0.1) is 11.3 Å². The smallest absolute Gasteiger partial charge is 0.358 e. The number of Topliss-reactive ketones (excluding diaryl/α,β-unsaturated/α-hetero) is 1. The average Bonchev–Trinajstić information content (AvgIpc) is 3.14. The molecule has 0 bridgehead atoms. The Kier molecular flexibility index (Phi) is 7.45. The molecule has 0 spiro atoms. The minimum Gasteiger partial charge on any atom is -0.480 e. The van der Waals surface area contributed by atoms with E-state index in [-0.39, 0.29) is 16.9 Å². The van der Waals surface area contributed by atoms with Crippen molar-refractivity contribution < 1.29 is 28.3 Å².